The van der Waals surface area contributed by atoms with Crippen molar-refractivity contribution in [1.29, 1.82) is 0 Å². The lowest BCUT2D eigenvalue weighted by Gasteiger charge is -2.38. The predicted octanol–water partition coefficient (Wildman–Crippen LogP) is 3.79. The first kappa shape index (κ1) is 19.5. The molecule has 0 aromatic heterocycles. The smallest absolute Gasteiger partial charge is 0.318 e. The third-order valence-electron chi connectivity index (χ3n) is 6.45. The lowest BCUT2D eigenvalue weighted by Crippen LogP contribution is -2.54. The molecule has 4 atom stereocenters. The van der Waals surface area contributed by atoms with E-state index in [0.29, 0.717) is 6.54 Å². The molecule has 0 N–H and O–H groups in total. The average molecular weight is 468 g/mol. The Hall–Kier alpha value is -2.44. The van der Waals surface area contributed by atoms with Gasteiger partial charge in [0.05, 0.1) is 6.61 Å². The highest BCUT2D eigenvalue weighted by atomic mass is 79.9. The van der Waals surface area contributed by atoms with E-state index < -0.39 is 27.4 Å². The molecule has 2 fully saturated rings. The molecule has 2 aromatic carbocycles. The van der Waals surface area contributed by atoms with E-state index >= 15 is 0 Å². The number of halogens is 1. The van der Waals surface area contributed by atoms with Gasteiger partial charge in [0, 0.05) is 19.0 Å². The number of esters is 1. The summed E-state index contributed by atoms with van der Waals surface area (Å²) in [5.74, 6) is -0.996. The molecule has 1 spiro atoms. The number of rotatable bonds is 5. The molecule has 0 radical (unpaired) electrons. The summed E-state index contributed by atoms with van der Waals surface area (Å²) in [5.41, 5.74) is -0.612. The van der Waals surface area contributed by atoms with Gasteiger partial charge in [-0.05, 0) is 46.1 Å². The van der Waals surface area contributed by atoms with E-state index in [9.17, 15) is 9.59 Å². The molecule has 0 saturated carbocycles. The highest BCUT2D eigenvalue weighted by Crippen LogP contribution is 2.70. The minimum absolute atomic E-state index is 0.199. The Kier molecular flexibility index (Phi) is 4.42. The van der Waals surface area contributed by atoms with Gasteiger partial charge in [0.15, 0.2) is 10.1 Å². The van der Waals surface area contributed by atoms with Crippen molar-refractivity contribution in [1.82, 2.24) is 4.90 Å². The Morgan fingerprint density at radius 2 is 1.80 bits per heavy atom. The summed E-state index contributed by atoms with van der Waals surface area (Å²) in [6, 6.07) is 19.5. The van der Waals surface area contributed by atoms with Crippen molar-refractivity contribution >= 4 is 27.8 Å². The van der Waals surface area contributed by atoms with Crippen molar-refractivity contribution < 1.29 is 19.1 Å². The summed E-state index contributed by atoms with van der Waals surface area (Å²) in [6.45, 7) is 2.67. The first-order valence-corrected chi connectivity index (χ1v) is 10.9. The highest BCUT2D eigenvalue weighted by molar-refractivity contribution is 9.10. The number of benzene rings is 2. The van der Waals surface area contributed by atoms with Gasteiger partial charge in [-0.2, -0.15) is 0 Å². The standard InChI is InChI=1S/C24H22BrNO4/c1-2-29-21(28)22-16-26(15-17-9-5-3-6-10-17)20(27)23(22)13-14-24(25,30-23)19(22)18-11-7-4-8-12-18/h3-14,19H,2,15-16H2,1H3/t19-,22-,23-,24-/m0/s1. The Morgan fingerprint density at radius 1 is 1.13 bits per heavy atom. The maximum atomic E-state index is 13.7. The number of ether oxygens (including phenoxy) is 2. The Labute approximate surface area is 183 Å². The Morgan fingerprint density at radius 3 is 2.47 bits per heavy atom. The van der Waals surface area contributed by atoms with Gasteiger partial charge in [-0.1, -0.05) is 60.7 Å². The number of likely N-dealkylation sites (tertiary alicyclic amines) is 1. The van der Waals surface area contributed by atoms with E-state index in [2.05, 4.69) is 15.9 Å². The summed E-state index contributed by atoms with van der Waals surface area (Å²) < 4.78 is 11.0. The molecule has 5 nitrogen and oxygen atoms in total. The van der Waals surface area contributed by atoms with Gasteiger partial charge in [0.25, 0.3) is 5.91 Å². The van der Waals surface area contributed by atoms with Crippen LogP contribution in [0.3, 0.4) is 0 Å². The number of hydrogen-bond donors (Lipinski definition) is 0. The molecule has 2 bridgehead atoms. The van der Waals surface area contributed by atoms with Crippen LogP contribution in [0.5, 0.6) is 0 Å². The van der Waals surface area contributed by atoms with Crippen LogP contribution in [0.1, 0.15) is 24.0 Å². The van der Waals surface area contributed by atoms with Crippen LogP contribution in [0.2, 0.25) is 0 Å². The van der Waals surface area contributed by atoms with Crippen LogP contribution < -0.4 is 0 Å². The molecule has 6 heteroatoms. The van der Waals surface area contributed by atoms with E-state index in [1.165, 1.54) is 0 Å². The lowest BCUT2D eigenvalue weighted by molar-refractivity contribution is -0.163. The molecule has 2 aromatic rings. The zero-order valence-corrected chi connectivity index (χ0v) is 18.2. The maximum Gasteiger partial charge on any atom is 0.318 e. The fraction of sp³-hybridized carbons (Fsp3) is 0.333. The van der Waals surface area contributed by atoms with Crippen LogP contribution in [-0.2, 0) is 25.6 Å². The molecule has 30 heavy (non-hydrogen) atoms. The third kappa shape index (κ3) is 2.44. The van der Waals surface area contributed by atoms with Gasteiger partial charge in [-0.25, -0.2) is 0 Å². The minimum atomic E-state index is -1.38. The van der Waals surface area contributed by atoms with Crippen molar-refractivity contribution in [2.45, 2.75) is 29.5 Å². The van der Waals surface area contributed by atoms with E-state index in [1.54, 1.807) is 17.9 Å². The molecular weight excluding hydrogens is 446 g/mol. The molecule has 0 aliphatic carbocycles. The molecule has 3 heterocycles. The molecule has 1 amide bonds. The van der Waals surface area contributed by atoms with E-state index in [-0.39, 0.29) is 19.1 Å². The molecule has 154 valence electrons. The van der Waals surface area contributed by atoms with Gasteiger partial charge in [-0.15, -0.1) is 0 Å². The molecule has 0 unspecified atom stereocenters. The number of alkyl halides is 1. The zero-order chi connectivity index (χ0) is 21.0. The molecular formula is C24H22BrNO4. The second kappa shape index (κ2) is 6.79. The van der Waals surface area contributed by atoms with Crippen LogP contribution in [-0.4, -0.2) is 40.0 Å². The van der Waals surface area contributed by atoms with Gasteiger partial charge < -0.3 is 14.4 Å². The number of carbonyl (C=O) groups is 2. The van der Waals surface area contributed by atoms with E-state index in [1.807, 2.05) is 66.7 Å². The summed E-state index contributed by atoms with van der Waals surface area (Å²) >= 11 is 3.72. The zero-order valence-electron chi connectivity index (χ0n) is 16.6. The number of carbonyl (C=O) groups excluding carboxylic acids is 2. The lowest BCUT2D eigenvalue weighted by atomic mass is 9.61. The SMILES string of the molecule is CCOC(=O)[C@@]12CN(Cc3ccccc3)C(=O)[C@@]13C=C[C@](Br)(O3)[C@H]2c1ccccc1. The summed E-state index contributed by atoms with van der Waals surface area (Å²) in [5, 5.41) is 0. The summed E-state index contributed by atoms with van der Waals surface area (Å²) in [7, 11) is 0. The number of hydrogen-bond acceptors (Lipinski definition) is 4. The van der Waals surface area contributed by atoms with Crippen molar-refractivity contribution in [2.24, 2.45) is 5.41 Å². The van der Waals surface area contributed by atoms with Crippen LogP contribution in [0.15, 0.2) is 72.8 Å². The van der Waals surface area contributed by atoms with Crippen LogP contribution >= 0.6 is 15.9 Å². The maximum absolute atomic E-state index is 13.7. The fourth-order valence-corrected chi connectivity index (χ4v) is 6.34. The normalized spacial score (nSPS) is 33.7. The quantitative estimate of drug-likeness (QED) is 0.381. The number of amides is 1. The molecule has 2 saturated heterocycles. The van der Waals surface area contributed by atoms with Crippen molar-refractivity contribution in [3.63, 3.8) is 0 Å². The van der Waals surface area contributed by atoms with Crippen LogP contribution in [0.4, 0.5) is 0 Å². The number of nitrogens with zero attached hydrogens (tertiary/aromatic N) is 1. The van der Waals surface area contributed by atoms with Crippen LogP contribution in [0.25, 0.3) is 0 Å². The van der Waals surface area contributed by atoms with Crippen LogP contribution in [0, 0.1) is 5.41 Å². The minimum Gasteiger partial charge on any atom is -0.465 e. The van der Waals surface area contributed by atoms with Crippen molar-refractivity contribution in [3.05, 3.63) is 83.9 Å². The van der Waals surface area contributed by atoms with E-state index in [0.717, 1.165) is 11.1 Å². The molecule has 3 aliphatic heterocycles. The Balaban J connectivity index is 1.65. The average Bonchev–Trinajstić information content (AvgIpc) is 3.31. The second-order valence-electron chi connectivity index (χ2n) is 8.05. The monoisotopic (exact) mass is 467 g/mol. The van der Waals surface area contributed by atoms with Gasteiger partial charge in [0.1, 0.15) is 5.41 Å². The third-order valence-corrected chi connectivity index (χ3v) is 7.33. The van der Waals surface area contributed by atoms with Gasteiger partial charge in [0.2, 0.25) is 0 Å². The van der Waals surface area contributed by atoms with Gasteiger partial charge >= 0.3 is 5.97 Å². The predicted molar refractivity (Wildman–Crippen MR) is 115 cm³/mol. The topological polar surface area (TPSA) is 55.8 Å². The largest absolute Gasteiger partial charge is 0.465 e. The second-order valence-corrected chi connectivity index (χ2v) is 9.29. The van der Waals surface area contributed by atoms with E-state index in [4.69, 9.17) is 9.47 Å². The fourth-order valence-electron chi connectivity index (χ4n) is 5.30. The number of fused-ring (bicyclic) bond motifs is 1. The Bertz CT molecular complexity index is 1030. The van der Waals surface area contributed by atoms with Gasteiger partial charge in [-0.3, -0.25) is 9.59 Å². The summed E-state index contributed by atoms with van der Waals surface area (Å²) in [4.78, 5) is 29.0. The molecule has 3 aliphatic rings. The first-order valence-electron chi connectivity index (χ1n) is 10.1. The molecule has 5 rings (SSSR count). The summed E-state index contributed by atoms with van der Waals surface area (Å²) in [6.07, 6.45) is 3.62. The first-order chi connectivity index (χ1) is 14.5. The highest BCUT2D eigenvalue weighted by Gasteiger charge is 2.82. The van der Waals surface area contributed by atoms with Crippen molar-refractivity contribution in [3.8, 4) is 0 Å². The van der Waals surface area contributed by atoms with Crippen molar-refractivity contribution in [2.75, 3.05) is 13.2 Å².